The fourth-order valence-electron chi connectivity index (χ4n) is 3.79. The number of amides is 1. The zero-order valence-corrected chi connectivity index (χ0v) is 13.7. The first-order valence-electron chi connectivity index (χ1n) is 8.07. The Labute approximate surface area is 136 Å². The van der Waals surface area contributed by atoms with E-state index in [1.165, 1.54) is 0 Å². The maximum atomic E-state index is 12.7. The van der Waals surface area contributed by atoms with Crippen LogP contribution in [0.15, 0.2) is 24.3 Å². The Morgan fingerprint density at radius 2 is 1.74 bits per heavy atom. The van der Waals surface area contributed by atoms with Crippen molar-refractivity contribution in [3.05, 3.63) is 29.8 Å². The van der Waals surface area contributed by atoms with E-state index in [4.69, 9.17) is 4.74 Å². The second-order valence-electron chi connectivity index (χ2n) is 7.46. The van der Waals surface area contributed by atoms with Crippen LogP contribution >= 0.6 is 0 Å². The van der Waals surface area contributed by atoms with Crippen LogP contribution in [0.4, 0.5) is 5.69 Å². The Hall–Kier alpha value is -1.88. The fourth-order valence-corrected chi connectivity index (χ4v) is 3.79. The summed E-state index contributed by atoms with van der Waals surface area (Å²) in [5, 5.41) is 12.4. The van der Waals surface area contributed by atoms with Crippen molar-refractivity contribution >= 4 is 17.6 Å². The molecule has 2 fully saturated rings. The summed E-state index contributed by atoms with van der Waals surface area (Å²) in [6, 6.07) is 7.66. The molecule has 124 valence electrons. The van der Waals surface area contributed by atoms with Gasteiger partial charge in [-0.15, -0.1) is 0 Å². The molecule has 0 radical (unpaired) electrons. The van der Waals surface area contributed by atoms with Crippen molar-refractivity contribution in [2.24, 2.45) is 11.8 Å². The molecule has 2 aliphatic heterocycles. The topological polar surface area (TPSA) is 75.6 Å². The molecule has 0 aromatic heterocycles. The summed E-state index contributed by atoms with van der Waals surface area (Å²) in [6.07, 6.45) is 0.881. The molecule has 0 spiro atoms. The molecule has 2 bridgehead atoms. The van der Waals surface area contributed by atoms with Crippen molar-refractivity contribution in [1.82, 2.24) is 0 Å². The van der Waals surface area contributed by atoms with E-state index in [9.17, 15) is 14.7 Å². The first-order chi connectivity index (χ1) is 10.8. The molecule has 3 rings (SSSR count). The number of hydrogen-bond acceptors (Lipinski definition) is 3. The highest BCUT2D eigenvalue weighted by Gasteiger charge is 2.55. The predicted octanol–water partition coefficient (Wildman–Crippen LogP) is 2.80. The van der Waals surface area contributed by atoms with E-state index in [1.54, 1.807) is 0 Å². The third-order valence-corrected chi connectivity index (χ3v) is 4.85. The van der Waals surface area contributed by atoms with E-state index in [-0.39, 0.29) is 23.5 Å². The Bertz CT molecular complexity index is 634. The first-order valence-corrected chi connectivity index (χ1v) is 8.07. The van der Waals surface area contributed by atoms with Gasteiger partial charge in [0.1, 0.15) is 0 Å². The number of nitrogens with one attached hydrogen (secondary N) is 1. The first kappa shape index (κ1) is 16.0. The number of carbonyl (C=O) groups is 2. The highest BCUT2D eigenvalue weighted by Crippen LogP contribution is 2.44. The maximum absolute atomic E-state index is 12.7. The standard InChI is InChI=1S/C18H23NO4/c1-18(2,3)10-6-4-5-7-11(10)19-16(20)14-12-8-9-13(23-12)15(14)17(21)22/h4-7,12-15H,8-9H2,1-3H3,(H,19,20)(H,21,22)/t12-,13+,14?,15?/m1/s1. The number of carboxylic acid groups (broad SMARTS) is 1. The second kappa shape index (κ2) is 5.64. The van der Waals surface area contributed by atoms with E-state index in [2.05, 4.69) is 26.1 Å². The van der Waals surface area contributed by atoms with Crippen LogP contribution in [0.5, 0.6) is 0 Å². The molecule has 1 amide bonds. The molecular weight excluding hydrogens is 294 g/mol. The Balaban J connectivity index is 1.84. The van der Waals surface area contributed by atoms with Crippen LogP contribution in [0.3, 0.4) is 0 Å². The van der Waals surface area contributed by atoms with Crippen LogP contribution in [0, 0.1) is 11.8 Å². The molecule has 2 unspecified atom stereocenters. The fraction of sp³-hybridized carbons (Fsp3) is 0.556. The normalized spacial score (nSPS) is 29.5. The minimum absolute atomic E-state index is 0.110. The Morgan fingerprint density at radius 1 is 1.13 bits per heavy atom. The molecule has 4 atom stereocenters. The SMILES string of the molecule is CC(C)(C)c1ccccc1NC(=O)C1C(C(=O)O)[C@@H]2CC[C@H]1O2. The van der Waals surface area contributed by atoms with Crippen LogP contribution in [0.2, 0.25) is 0 Å². The summed E-state index contributed by atoms with van der Waals surface area (Å²) in [4.78, 5) is 24.3. The van der Waals surface area contributed by atoms with Gasteiger partial charge >= 0.3 is 5.97 Å². The second-order valence-corrected chi connectivity index (χ2v) is 7.46. The van der Waals surface area contributed by atoms with Crippen molar-refractivity contribution in [3.8, 4) is 0 Å². The number of anilines is 1. The number of carboxylic acids is 1. The van der Waals surface area contributed by atoms with E-state index in [0.717, 1.165) is 24.1 Å². The lowest BCUT2D eigenvalue weighted by Crippen LogP contribution is -2.41. The van der Waals surface area contributed by atoms with E-state index < -0.39 is 17.8 Å². The molecule has 2 saturated heterocycles. The van der Waals surface area contributed by atoms with Gasteiger partial charge in [-0.05, 0) is 29.9 Å². The predicted molar refractivity (Wildman–Crippen MR) is 86.3 cm³/mol. The van der Waals surface area contributed by atoms with Crippen LogP contribution in [-0.2, 0) is 19.7 Å². The number of ether oxygens (including phenoxy) is 1. The summed E-state index contributed by atoms with van der Waals surface area (Å²) >= 11 is 0. The average Bonchev–Trinajstić information content (AvgIpc) is 3.07. The van der Waals surface area contributed by atoms with Gasteiger partial charge in [-0.25, -0.2) is 0 Å². The molecule has 5 heteroatoms. The average molecular weight is 317 g/mol. The van der Waals surface area contributed by atoms with Gasteiger partial charge in [-0.2, -0.15) is 0 Å². The third-order valence-electron chi connectivity index (χ3n) is 4.85. The summed E-state index contributed by atoms with van der Waals surface area (Å²) in [7, 11) is 0. The number of aliphatic carboxylic acids is 1. The van der Waals surface area contributed by atoms with Gasteiger partial charge in [0.15, 0.2) is 0 Å². The molecule has 0 saturated carbocycles. The van der Waals surface area contributed by atoms with Crippen LogP contribution in [0.25, 0.3) is 0 Å². The van der Waals surface area contributed by atoms with E-state index >= 15 is 0 Å². The van der Waals surface area contributed by atoms with Crippen molar-refractivity contribution in [2.75, 3.05) is 5.32 Å². The zero-order chi connectivity index (χ0) is 16.8. The largest absolute Gasteiger partial charge is 0.481 e. The monoisotopic (exact) mass is 317 g/mol. The highest BCUT2D eigenvalue weighted by molar-refractivity contribution is 5.97. The minimum atomic E-state index is -0.943. The van der Waals surface area contributed by atoms with Gasteiger partial charge in [-0.1, -0.05) is 39.0 Å². The molecule has 1 aromatic rings. The molecule has 23 heavy (non-hydrogen) atoms. The van der Waals surface area contributed by atoms with Crippen LogP contribution in [0.1, 0.15) is 39.2 Å². The Morgan fingerprint density at radius 3 is 2.35 bits per heavy atom. The van der Waals surface area contributed by atoms with Crippen molar-refractivity contribution in [3.63, 3.8) is 0 Å². The number of hydrogen-bond donors (Lipinski definition) is 2. The van der Waals surface area contributed by atoms with Crippen molar-refractivity contribution < 1.29 is 19.4 Å². The van der Waals surface area contributed by atoms with Gasteiger partial charge in [-0.3, -0.25) is 9.59 Å². The van der Waals surface area contributed by atoms with Crippen molar-refractivity contribution in [2.45, 2.75) is 51.2 Å². The quantitative estimate of drug-likeness (QED) is 0.899. The minimum Gasteiger partial charge on any atom is -0.481 e. The lowest BCUT2D eigenvalue weighted by atomic mass is 9.78. The number of para-hydroxylation sites is 1. The van der Waals surface area contributed by atoms with Gasteiger partial charge < -0.3 is 15.2 Å². The highest BCUT2D eigenvalue weighted by atomic mass is 16.5. The summed E-state index contributed by atoms with van der Waals surface area (Å²) in [5.74, 6) is -2.54. The molecule has 2 N–H and O–H groups in total. The number of carbonyl (C=O) groups excluding carboxylic acids is 1. The van der Waals surface area contributed by atoms with Gasteiger partial charge in [0, 0.05) is 5.69 Å². The Kier molecular flexibility index (Phi) is 3.92. The molecule has 0 aliphatic carbocycles. The summed E-state index contributed by atoms with van der Waals surface area (Å²) < 4.78 is 5.67. The number of rotatable bonds is 3. The molecular formula is C18H23NO4. The van der Waals surface area contributed by atoms with Gasteiger partial charge in [0.25, 0.3) is 0 Å². The molecule has 1 aromatic carbocycles. The van der Waals surface area contributed by atoms with Crippen LogP contribution < -0.4 is 5.32 Å². The smallest absolute Gasteiger partial charge is 0.310 e. The van der Waals surface area contributed by atoms with E-state index in [1.807, 2.05) is 24.3 Å². The molecule has 2 heterocycles. The van der Waals surface area contributed by atoms with Gasteiger partial charge in [0.05, 0.1) is 24.0 Å². The third kappa shape index (κ3) is 2.85. The summed E-state index contributed by atoms with van der Waals surface area (Å²) in [6.45, 7) is 6.25. The molecule has 5 nitrogen and oxygen atoms in total. The number of fused-ring (bicyclic) bond motifs is 2. The van der Waals surface area contributed by atoms with Crippen molar-refractivity contribution in [1.29, 1.82) is 0 Å². The lowest BCUT2D eigenvalue weighted by Gasteiger charge is -2.26. The maximum Gasteiger partial charge on any atom is 0.310 e. The van der Waals surface area contributed by atoms with Gasteiger partial charge in [0.2, 0.25) is 5.91 Å². The molecule has 2 aliphatic rings. The number of benzene rings is 1. The van der Waals surface area contributed by atoms with Crippen LogP contribution in [-0.4, -0.2) is 29.2 Å². The lowest BCUT2D eigenvalue weighted by molar-refractivity contribution is -0.147. The zero-order valence-electron chi connectivity index (χ0n) is 13.7. The van der Waals surface area contributed by atoms with E-state index in [0.29, 0.717) is 0 Å². The summed E-state index contributed by atoms with van der Waals surface area (Å²) in [5.41, 5.74) is 1.67.